The third-order valence-corrected chi connectivity index (χ3v) is 5.12. The van der Waals surface area contributed by atoms with Crippen molar-refractivity contribution in [3.63, 3.8) is 0 Å². The van der Waals surface area contributed by atoms with E-state index in [2.05, 4.69) is 21.5 Å². The minimum atomic E-state index is -0.214. The van der Waals surface area contributed by atoms with Gasteiger partial charge in [-0.15, -0.1) is 17.8 Å². The number of nitrogens with one attached hydrogen (secondary N) is 3. The molecule has 3 rings (SSSR count). The molecule has 140 valence electrons. The van der Waals surface area contributed by atoms with E-state index in [1.807, 2.05) is 49.5 Å². The minimum Gasteiger partial charge on any atom is -0.388 e. The summed E-state index contributed by atoms with van der Waals surface area (Å²) < 4.78 is 0. The summed E-state index contributed by atoms with van der Waals surface area (Å²) in [5.74, 6) is 2.21. The van der Waals surface area contributed by atoms with E-state index >= 15 is 0 Å². The van der Waals surface area contributed by atoms with Crippen molar-refractivity contribution >= 4 is 29.1 Å². The highest BCUT2D eigenvalue weighted by atomic mass is 32.1. The van der Waals surface area contributed by atoms with Crippen molar-refractivity contribution in [2.45, 2.75) is 6.42 Å². The summed E-state index contributed by atoms with van der Waals surface area (Å²) in [4.78, 5) is 16.1. The molecule has 2 aromatic carbocycles. The molecule has 1 heterocycles. The lowest BCUT2D eigenvalue weighted by atomic mass is 9.97. The lowest BCUT2D eigenvalue weighted by Crippen LogP contribution is -2.25. The molecular weight excluding hydrogens is 368 g/mol. The van der Waals surface area contributed by atoms with Gasteiger partial charge < -0.3 is 16.0 Å². The van der Waals surface area contributed by atoms with Crippen molar-refractivity contribution in [2.24, 2.45) is 0 Å². The molecule has 0 unspecified atom stereocenters. The molecule has 1 aromatic heterocycles. The largest absolute Gasteiger partial charge is 0.388 e. The Kier molecular flexibility index (Phi) is 6.20. The van der Waals surface area contributed by atoms with Gasteiger partial charge in [-0.1, -0.05) is 36.4 Å². The molecule has 3 N–H and O–H groups in total. The van der Waals surface area contributed by atoms with Crippen LogP contribution < -0.4 is 10.6 Å². The quantitative estimate of drug-likeness (QED) is 0.425. The molecule has 0 bridgehead atoms. The highest BCUT2D eigenvalue weighted by molar-refractivity contribution is 7.10. The van der Waals surface area contributed by atoms with Crippen LogP contribution in [0.4, 0.5) is 5.69 Å². The molecule has 0 radical (unpaired) electrons. The van der Waals surface area contributed by atoms with E-state index in [0.717, 1.165) is 27.9 Å². The Labute approximate surface area is 168 Å². The molecule has 0 fully saturated rings. The van der Waals surface area contributed by atoms with Crippen LogP contribution in [0.1, 0.15) is 26.6 Å². The third kappa shape index (κ3) is 4.27. The summed E-state index contributed by atoms with van der Waals surface area (Å²) in [5.41, 5.74) is 5.32. The van der Waals surface area contributed by atoms with Crippen molar-refractivity contribution in [3.8, 4) is 23.5 Å². The van der Waals surface area contributed by atoms with E-state index in [0.29, 0.717) is 23.7 Å². The Hall–Kier alpha value is -3.43. The van der Waals surface area contributed by atoms with Gasteiger partial charge >= 0.3 is 0 Å². The van der Waals surface area contributed by atoms with Crippen LogP contribution in [0.15, 0.2) is 47.8 Å². The van der Waals surface area contributed by atoms with Gasteiger partial charge in [0.1, 0.15) is 5.69 Å². The zero-order chi connectivity index (χ0) is 19.9. The first-order valence-electron chi connectivity index (χ1n) is 8.77. The van der Waals surface area contributed by atoms with Gasteiger partial charge in [0, 0.05) is 36.4 Å². The monoisotopic (exact) mass is 388 g/mol. The molecule has 0 aliphatic rings. The van der Waals surface area contributed by atoms with Gasteiger partial charge in [-0.25, -0.2) is 4.98 Å². The SMILES string of the molecule is C#Cc1nc(C(=O)NCCc2ccc(-c3cccc(NC)c3C=N)cc2)cs1. The van der Waals surface area contributed by atoms with E-state index in [1.54, 1.807) is 5.38 Å². The zero-order valence-electron chi connectivity index (χ0n) is 15.5. The number of nitrogens with zero attached hydrogens (tertiary/aromatic N) is 1. The van der Waals surface area contributed by atoms with Crippen LogP contribution in [0.5, 0.6) is 0 Å². The molecular formula is C22H20N4OS. The molecule has 0 spiro atoms. The number of benzene rings is 2. The smallest absolute Gasteiger partial charge is 0.270 e. The molecule has 28 heavy (non-hydrogen) atoms. The number of hydrogen-bond donors (Lipinski definition) is 3. The number of aromatic nitrogens is 1. The summed E-state index contributed by atoms with van der Waals surface area (Å²) in [7, 11) is 1.85. The summed E-state index contributed by atoms with van der Waals surface area (Å²) in [6.45, 7) is 0.516. The number of hydrogen-bond acceptors (Lipinski definition) is 5. The van der Waals surface area contributed by atoms with Crippen LogP contribution in [0, 0.1) is 17.8 Å². The van der Waals surface area contributed by atoms with Crippen molar-refractivity contribution in [3.05, 3.63) is 69.7 Å². The number of thiazole rings is 1. The maximum atomic E-state index is 12.1. The highest BCUT2D eigenvalue weighted by Crippen LogP contribution is 2.28. The van der Waals surface area contributed by atoms with Crippen molar-refractivity contribution in [1.82, 2.24) is 10.3 Å². The van der Waals surface area contributed by atoms with E-state index in [4.69, 9.17) is 11.8 Å². The molecule has 0 atom stereocenters. The van der Waals surface area contributed by atoms with Gasteiger partial charge in [-0.2, -0.15) is 0 Å². The first-order chi connectivity index (χ1) is 13.7. The normalized spacial score (nSPS) is 10.1. The molecule has 1 amide bonds. The number of carbonyl (C=O) groups is 1. The molecule has 0 saturated carbocycles. The van der Waals surface area contributed by atoms with Gasteiger partial charge in [-0.05, 0) is 35.1 Å². The lowest BCUT2D eigenvalue weighted by molar-refractivity contribution is 0.0950. The van der Waals surface area contributed by atoms with Crippen LogP contribution in [0.2, 0.25) is 0 Å². The average Bonchev–Trinajstić information content (AvgIpc) is 3.23. The molecule has 0 aliphatic heterocycles. The maximum absolute atomic E-state index is 12.1. The second-order valence-corrected chi connectivity index (χ2v) is 6.90. The van der Waals surface area contributed by atoms with E-state index < -0.39 is 0 Å². The molecule has 0 aliphatic carbocycles. The van der Waals surface area contributed by atoms with E-state index in [-0.39, 0.29) is 5.91 Å². The van der Waals surface area contributed by atoms with Crippen molar-refractivity contribution in [2.75, 3.05) is 18.9 Å². The van der Waals surface area contributed by atoms with Crippen molar-refractivity contribution in [1.29, 1.82) is 5.41 Å². The Bertz CT molecular complexity index is 1030. The number of amides is 1. The fourth-order valence-electron chi connectivity index (χ4n) is 2.90. The number of anilines is 1. The highest BCUT2D eigenvalue weighted by Gasteiger charge is 2.10. The topological polar surface area (TPSA) is 77.9 Å². The van der Waals surface area contributed by atoms with Gasteiger partial charge in [0.05, 0.1) is 0 Å². The maximum Gasteiger partial charge on any atom is 0.270 e. The van der Waals surface area contributed by atoms with Crippen LogP contribution >= 0.6 is 11.3 Å². The Morgan fingerprint density at radius 2 is 2.07 bits per heavy atom. The summed E-state index contributed by atoms with van der Waals surface area (Å²) >= 11 is 1.28. The molecule has 5 nitrogen and oxygen atoms in total. The first-order valence-corrected chi connectivity index (χ1v) is 9.65. The Morgan fingerprint density at radius 1 is 1.29 bits per heavy atom. The summed E-state index contributed by atoms with van der Waals surface area (Å²) in [6, 6.07) is 14.1. The molecule has 0 saturated heterocycles. The standard InChI is InChI=1S/C22H20N4OS/c1-3-21-26-20(14-28-21)22(27)25-12-11-15-7-9-16(10-8-15)17-5-4-6-19(24-2)18(17)13-23/h1,4-10,13-14,23-24H,11-12H2,2H3,(H,25,27). The van der Waals surface area contributed by atoms with Gasteiger partial charge in [0.15, 0.2) is 5.01 Å². The van der Waals surface area contributed by atoms with Gasteiger partial charge in [0.2, 0.25) is 0 Å². The predicted molar refractivity (Wildman–Crippen MR) is 115 cm³/mol. The number of rotatable bonds is 7. The minimum absolute atomic E-state index is 0.214. The fourth-order valence-corrected chi connectivity index (χ4v) is 3.50. The van der Waals surface area contributed by atoms with Gasteiger partial charge in [0.25, 0.3) is 5.91 Å². The fraction of sp³-hybridized carbons (Fsp3) is 0.136. The van der Waals surface area contributed by atoms with E-state index in [9.17, 15) is 4.79 Å². The third-order valence-electron chi connectivity index (χ3n) is 4.34. The van der Waals surface area contributed by atoms with Crippen LogP contribution in [0.25, 0.3) is 11.1 Å². The number of terminal acetylenes is 1. The average molecular weight is 388 g/mol. The Morgan fingerprint density at radius 3 is 2.71 bits per heavy atom. The van der Waals surface area contributed by atoms with Gasteiger partial charge in [-0.3, -0.25) is 4.79 Å². The molecule has 6 heteroatoms. The molecule has 3 aromatic rings. The summed E-state index contributed by atoms with van der Waals surface area (Å²) in [6.07, 6.45) is 7.36. The first kappa shape index (κ1) is 19.3. The van der Waals surface area contributed by atoms with Crippen LogP contribution in [-0.4, -0.2) is 30.7 Å². The predicted octanol–water partition coefficient (Wildman–Crippen LogP) is 3.80. The Balaban J connectivity index is 1.63. The van der Waals surface area contributed by atoms with E-state index in [1.165, 1.54) is 17.6 Å². The van der Waals surface area contributed by atoms with Crippen molar-refractivity contribution < 1.29 is 4.79 Å². The summed E-state index contributed by atoms with van der Waals surface area (Å²) in [5, 5.41) is 15.9. The second kappa shape index (κ2) is 8.98. The van der Waals surface area contributed by atoms with Crippen LogP contribution in [0.3, 0.4) is 0 Å². The van der Waals surface area contributed by atoms with Crippen LogP contribution in [-0.2, 0) is 6.42 Å². The number of carbonyl (C=O) groups excluding carboxylic acids is 1. The second-order valence-electron chi connectivity index (χ2n) is 6.05. The zero-order valence-corrected chi connectivity index (χ0v) is 16.3. The lowest BCUT2D eigenvalue weighted by Gasteiger charge is -2.12.